The predicted molar refractivity (Wildman–Crippen MR) is 114 cm³/mol. The number of phenols is 1. The first-order chi connectivity index (χ1) is 14.1. The van der Waals surface area contributed by atoms with Crippen LogP contribution in [0, 0.1) is 6.92 Å². The third-order valence-electron chi connectivity index (χ3n) is 4.51. The smallest absolute Gasteiger partial charge is 0.279 e. The van der Waals surface area contributed by atoms with Crippen LogP contribution in [0.2, 0.25) is 0 Å². The van der Waals surface area contributed by atoms with Gasteiger partial charge in [0.25, 0.3) is 15.9 Å². The number of hydrogen-bond acceptors (Lipinski definition) is 7. The molecule has 2 aromatic rings. The molecule has 30 heavy (non-hydrogen) atoms. The fourth-order valence-corrected chi connectivity index (χ4v) is 3.92. The lowest BCUT2D eigenvalue weighted by Crippen LogP contribution is -2.28. The van der Waals surface area contributed by atoms with Crippen LogP contribution in [-0.2, 0) is 10.0 Å². The Kier molecular flexibility index (Phi) is 5.88. The Hall–Kier alpha value is -3.27. The van der Waals surface area contributed by atoms with E-state index in [0.29, 0.717) is 12.2 Å². The number of aromatic hydroxyl groups is 1. The molecule has 0 aliphatic carbocycles. The fraction of sp³-hybridized carbons (Fsp3) is 0.300. The fourth-order valence-electron chi connectivity index (χ4n) is 2.99. The zero-order valence-corrected chi connectivity index (χ0v) is 17.9. The summed E-state index contributed by atoms with van der Waals surface area (Å²) in [7, 11) is -0.693. The van der Waals surface area contributed by atoms with E-state index in [9.17, 15) is 18.3 Å². The number of hydrogen-bond donors (Lipinski definition) is 3. The van der Waals surface area contributed by atoms with Gasteiger partial charge >= 0.3 is 0 Å². The number of benzene rings is 1. The summed E-state index contributed by atoms with van der Waals surface area (Å²) in [4.78, 5) is 13.6. The molecular formula is C20H24N4O5S. The summed E-state index contributed by atoms with van der Waals surface area (Å²) in [6.07, 6.45) is 0.635. The van der Waals surface area contributed by atoms with Crippen LogP contribution in [-0.4, -0.2) is 44.3 Å². The Bertz CT molecular complexity index is 1130. The molecule has 3 rings (SSSR count). The molecule has 0 radical (unpaired) electrons. The number of aryl methyl sites for hydroxylation is 1. The van der Waals surface area contributed by atoms with E-state index >= 15 is 0 Å². The summed E-state index contributed by atoms with van der Waals surface area (Å²) in [5.41, 5.74) is 0.482. The van der Waals surface area contributed by atoms with Crippen LogP contribution in [0.5, 0.6) is 5.75 Å². The number of phenolic OH excluding ortho intramolecular Hbond substituents is 1. The SMILES string of the molecule is CC[C@@H](NC1=CS(=O)(=O)N=C1Nc1cccc(C(=O)N(C)C)c1O)c1ccc(C)o1. The topological polar surface area (TPSA) is 124 Å². The summed E-state index contributed by atoms with van der Waals surface area (Å²) in [5, 5.41) is 17.5. The van der Waals surface area contributed by atoms with Crippen molar-refractivity contribution in [3.05, 3.63) is 58.5 Å². The molecule has 9 nitrogen and oxygen atoms in total. The number of amides is 1. The zero-order chi connectivity index (χ0) is 22.1. The van der Waals surface area contributed by atoms with Gasteiger partial charge < -0.3 is 25.1 Å². The average molecular weight is 433 g/mol. The molecule has 1 aromatic heterocycles. The van der Waals surface area contributed by atoms with Crippen LogP contribution in [0.3, 0.4) is 0 Å². The average Bonchev–Trinajstić information content (AvgIpc) is 3.23. The number of sulfonamides is 1. The first-order valence-corrected chi connectivity index (χ1v) is 10.8. The first-order valence-electron chi connectivity index (χ1n) is 9.32. The molecule has 1 atom stereocenters. The number of furan rings is 1. The highest BCUT2D eigenvalue weighted by Gasteiger charge is 2.27. The van der Waals surface area contributed by atoms with Crippen LogP contribution < -0.4 is 10.6 Å². The molecule has 0 spiro atoms. The van der Waals surface area contributed by atoms with Crippen LogP contribution in [0.1, 0.15) is 41.3 Å². The minimum absolute atomic E-state index is 0.0153. The second-order valence-electron chi connectivity index (χ2n) is 7.07. The highest BCUT2D eigenvalue weighted by atomic mass is 32.2. The van der Waals surface area contributed by atoms with Crippen molar-refractivity contribution in [2.24, 2.45) is 4.40 Å². The molecule has 0 unspecified atom stereocenters. The van der Waals surface area contributed by atoms with Crippen molar-refractivity contribution in [1.82, 2.24) is 10.2 Å². The van der Waals surface area contributed by atoms with Crippen molar-refractivity contribution in [3.8, 4) is 5.75 Å². The van der Waals surface area contributed by atoms with Gasteiger partial charge in [-0.15, -0.1) is 4.40 Å². The summed E-state index contributed by atoms with van der Waals surface area (Å²) in [5.74, 6) is 0.751. The van der Waals surface area contributed by atoms with E-state index in [0.717, 1.165) is 11.2 Å². The Morgan fingerprint density at radius 1 is 1.27 bits per heavy atom. The highest BCUT2D eigenvalue weighted by Crippen LogP contribution is 2.30. The van der Waals surface area contributed by atoms with Gasteiger partial charge in [-0.05, 0) is 37.6 Å². The molecule has 0 saturated heterocycles. The number of rotatable bonds is 6. The van der Waals surface area contributed by atoms with E-state index in [-0.39, 0.29) is 40.5 Å². The standard InChI is InChI=1S/C20H24N4O5S/c1-5-14(17-10-9-12(2)29-17)21-16-11-30(27,28)23-19(16)22-15-8-6-7-13(18(15)25)20(26)24(3)4/h6-11,14,21,25H,5H2,1-4H3,(H,22,23)/t14-/m1/s1. The quantitative estimate of drug-likeness (QED) is 0.600. The summed E-state index contributed by atoms with van der Waals surface area (Å²) < 4.78 is 33.6. The number of para-hydroxylation sites is 1. The maximum Gasteiger partial charge on any atom is 0.279 e. The molecule has 0 fully saturated rings. The lowest BCUT2D eigenvalue weighted by atomic mass is 10.1. The second kappa shape index (κ2) is 8.23. The van der Waals surface area contributed by atoms with Gasteiger partial charge in [0.1, 0.15) is 11.5 Å². The molecule has 1 aromatic carbocycles. The number of carbonyl (C=O) groups excluding carboxylic acids is 1. The minimum Gasteiger partial charge on any atom is -0.505 e. The summed E-state index contributed by atoms with van der Waals surface area (Å²) in [6, 6.07) is 7.98. The largest absolute Gasteiger partial charge is 0.505 e. The molecule has 1 aliphatic heterocycles. The van der Waals surface area contributed by atoms with E-state index in [1.807, 2.05) is 26.0 Å². The molecule has 160 valence electrons. The van der Waals surface area contributed by atoms with Crippen molar-refractivity contribution in [2.75, 3.05) is 19.4 Å². The van der Waals surface area contributed by atoms with Gasteiger partial charge in [0.05, 0.1) is 28.4 Å². The maximum absolute atomic E-state index is 12.2. The van der Waals surface area contributed by atoms with Crippen molar-refractivity contribution in [2.45, 2.75) is 26.3 Å². The van der Waals surface area contributed by atoms with Crippen LogP contribution in [0.4, 0.5) is 5.69 Å². The van der Waals surface area contributed by atoms with E-state index < -0.39 is 10.0 Å². The van der Waals surface area contributed by atoms with E-state index in [1.54, 1.807) is 20.2 Å². The Morgan fingerprint density at radius 3 is 2.60 bits per heavy atom. The lowest BCUT2D eigenvalue weighted by Gasteiger charge is -2.19. The molecule has 0 saturated carbocycles. The van der Waals surface area contributed by atoms with Crippen molar-refractivity contribution < 1.29 is 22.7 Å². The number of nitrogens with zero attached hydrogens (tertiary/aromatic N) is 2. The van der Waals surface area contributed by atoms with E-state index in [1.165, 1.54) is 17.0 Å². The van der Waals surface area contributed by atoms with Gasteiger partial charge in [0.2, 0.25) is 0 Å². The minimum atomic E-state index is -3.83. The number of anilines is 1. The number of nitrogens with one attached hydrogen (secondary N) is 2. The molecular weight excluding hydrogens is 408 g/mol. The second-order valence-corrected chi connectivity index (χ2v) is 8.51. The Balaban J connectivity index is 1.89. The van der Waals surface area contributed by atoms with Crippen LogP contribution >= 0.6 is 0 Å². The Labute approximate surface area is 175 Å². The summed E-state index contributed by atoms with van der Waals surface area (Å²) >= 11 is 0. The summed E-state index contributed by atoms with van der Waals surface area (Å²) in [6.45, 7) is 3.76. The van der Waals surface area contributed by atoms with Gasteiger partial charge in [0.15, 0.2) is 11.6 Å². The van der Waals surface area contributed by atoms with E-state index in [2.05, 4.69) is 15.0 Å². The van der Waals surface area contributed by atoms with Crippen LogP contribution in [0.15, 0.2) is 50.3 Å². The first kappa shape index (κ1) is 21.4. The zero-order valence-electron chi connectivity index (χ0n) is 17.1. The van der Waals surface area contributed by atoms with Gasteiger partial charge in [-0.3, -0.25) is 4.79 Å². The molecule has 0 bridgehead atoms. The van der Waals surface area contributed by atoms with Gasteiger partial charge in [-0.1, -0.05) is 13.0 Å². The molecule has 3 N–H and O–H groups in total. The number of amidine groups is 1. The number of carbonyl (C=O) groups is 1. The third kappa shape index (κ3) is 4.48. The van der Waals surface area contributed by atoms with Gasteiger partial charge in [-0.25, -0.2) is 0 Å². The van der Waals surface area contributed by atoms with Crippen molar-refractivity contribution in [1.29, 1.82) is 0 Å². The highest BCUT2D eigenvalue weighted by molar-refractivity contribution is 7.93. The van der Waals surface area contributed by atoms with Crippen LogP contribution in [0.25, 0.3) is 0 Å². The van der Waals surface area contributed by atoms with E-state index in [4.69, 9.17) is 4.42 Å². The Morgan fingerprint density at radius 2 is 2.00 bits per heavy atom. The van der Waals surface area contributed by atoms with Gasteiger partial charge in [-0.2, -0.15) is 8.42 Å². The monoisotopic (exact) mass is 432 g/mol. The van der Waals surface area contributed by atoms with Crippen molar-refractivity contribution in [3.63, 3.8) is 0 Å². The maximum atomic E-state index is 12.2. The predicted octanol–water partition coefficient (Wildman–Crippen LogP) is 2.73. The molecule has 10 heteroatoms. The normalized spacial score (nSPS) is 15.9. The third-order valence-corrected chi connectivity index (χ3v) is 5.48. The van der Waals surface area contributed by atoms with Gasteiger partial charge in [0, 0.05) is 14.1 Å². The molecule has 2 heterocycles. The molecule has 1 amide bonds. The molecule has 1 aliphatic rings. The van der Waals surface area contributed by atoms with Crippen molar-refractivity contribution >= 4 is 27.5 Å². The lowest BCUT2D eigenvalue weighted by molar-refractivity contribution is 0.0824.